The fourth-order valence-corrected chi connectivity index (χ4v) is 5.01. The van der Waals surface area contributed by atoms with Crippen LogP contribution in [0, 0.1) is 11.6 Å². The van der Waals surface area contributed by atoms with Crippen LogP contribution in [-0.4, -0.2) is 6.54 Å². The van der Waals surface area contributed by atoms with Crippen LogP contribution in [0.15, 0.2) is 31.8 Å². The topological polar surface area (TPSA) is 12.0 Å². The molecule has 0 amide bonds. The summed E-state index contributed by atoms with van der Waals surface area (Å²) in [6.07, 6.45) is 0.474. The fourth-order valence-electron chi connectivity index (χ4n) is 2.04. The van der Waals surface area contributed by atoms with Crippen LogP contribution in [0.25, 0.3) is 0 Å². The quantitative estimate of drug-likeness (QED) is 0.673. The summed E-state index contributed by atoms with van der Waals surface area (Å²) >= 11 is 8.56. The number of benzene rings is 1. The molecule has 0 saturated heterocycles. The molecule has 20 heavy (non-hydrogen) atoms. The molecule has 6 heteroatoms. The van der Waals surface area contributed by atoms with Gasteiger partial charge in [0.05, 0.1) is 7.57 Å². The van der Waals surface area contributed by atoms with Gasteiger partial charge in [0.15, 0.2) is 0 Å². The molecule has 0 aliphatic carbocycles. The highest BCUT2D eigenvalue weighted by Crippen LogP contribution is 2.36. The molecule has 108 valence electrons. The minimum atomic E-state index is -0.550. The van der Waals surface area contributed by atoms with Crippen molar-refractivity contribution in [1.29, 1.82) is 0 Å². The van der Waals surface area contributed by atoms with Gasteiger partial charge in [0.25, 0.3) is 0 Å². The van der Waals surface area contributed by atoms with Gasteiger partial charge in [-0.25, -0.2) is 8.78 Å². The fraction of sp³-hybridized carbons (Fsp3) is 0.286. The van der Waals surface area contributed by atoms with Crippen LogP contribution < -0.4 is 5.32 Å². The van der Waals surface area contributed by atoms with Gasteiger partial charge in [-0.05, 0) is 68.1 Å². The number of thiophene rings is 1. The van der Waals surface area contributed by atoms with Crippen molar-refractivity contribution in [2.45, 2.75) is 19.4 Å². The highest BCUT2D eigenvalue weighted by atomic mass is 79.9. The molecule has 1 atom stereocenters. The standard InChI is InChI=1S/C14H13Br2F2NS/c1-2-19-12(10-7-13(15)20-14(10)16)5-8-3-4-9(17)6-11(8)18/h3-4,6-7,12,19H,2,5H2,1H3. The molecular weight excluding hydrogens is 412 g/mol. The van der Waals surface area contributed by atoms with E-state index in [0.717, 1.165) is 25.7 Å². The van der Waals surface area contributed by atoms with E-state index in [4.69, 9.17) is 0 Å². The maximum Gasteiger partial charge on any atom is 0.129 e. The lowest BCUT2D eigenvalue weighted by Gasteiger charge is -2.18. The molecule has 1 nitrogen and oxygen atoms in total. The second-order valence-electron chi connectivity index (χ2n) is 4.33. The molecule has 2 aromatic rings. The van der Waals surface area contributed by atoms with Crippen LogP contribution in [0.3, 0.4) is 0 Å². The van der Waals surface area contributed by atoms with E-state index in [-0.39, 0.29) is 6.04 Å². The zero-order chi connectivity index (χ0) is 14.7. The first kappa shape index (κ1) is 16.1. The minimum Gasteiger partial charge on any atom is -0.310 e. The minimum absolute atomic E-state index is 0.0168. The average molecular weight is 425 g/mol. The summed E-state index contributed by atoms with van der Waals surface area (Å²) in [5, 5.41) is 3.34. The number of nitrogens with one attached hydrogen (secondary N) is 1. The molecule has 0 bridgehead atoms. The Bertz CT molecular complexity index is 601. The summed E-state index contributed by atoms with van der Waals surface area (Å²) in [6.45, 7) is 2.77. The molecule has 1 N–H and O–H groups in total. The Balaban J connectivity index is 2.27. The summed E-state index contributed by atoms with van der Waals surface area (Å²) in [5.41, 5.74) is 1.58. The number of hydrogen-bond donors (Lipinski definition) is 1. The lowest BCUT2D eigenvalue weighted by atomic mass is 10.0. The van der Waals surface area contributed by atoms with Crippen molar-refractivity contribution in [3.63, 3.8) is 0 Å². The third kappa shape index (κ3) is 3.87. The monoisotopic (exact) mass is 423 g/mol. The van der Waals surface area contributed by atoms with E-state index in [2.05, 4.69) is 37.2 Å². The van der Waals surface area contributed by atoms with E-state index in [1.54, 1.807) is 11.3 Å². The molecule has 1 unspecified atom stereocenters. The predicted molar refractivity (Wildman–Crippen MR) is 86.2 cm³/mol. The van der Waals surface area contributed by atoms with Crippen LogP contribution in [0.4, 0.5) is 8.78 Å². The number of halogens is 4. The van der Waals surface area contributed by atoms with Crippen molar-refractivity contribution in [3.8, 4) is 0 Å². The molecule has 1 aromatic carbocycles. The van der Waals surface area contributed by atoms with Gasteiger partial charge in [0.2, 0.25) is 0 Å². The van der Waals surface area contributed by atoms with Gasteiger partial charge in [-0.1, -0.05) is 13.0 Å². The van der Waals surface area contributed by atoms with Crippen molar-refractivity contribution < 1.29 is 8.78 Å². The molecular formula is C14H13Br2F2NS. The Morgan fingerprint density at radius 1 is 1.25 bits per heavy atom. The van der Waals surface area contributed by atoms with Gasteiger partial charge in [-0.15, -0.1) is 11.3 Å². The van der Waals surface area contributed by atoms with Crippen molar-refractivity contribution in [1.82, 2.24) is 5.32 Å². The third-order valence-electron chi connectivity index (χ3n) is 2.95. The van der Waals surface area contributed by atoms with Crippen molar-refractivity contribution in [2.24, 2.45) is 0 Å². The van der Waals surface area contributed by atoms with E-state index in [1.165, 1.54) is 12.1 Å². The van der Waals surface area contributed by atoms with Gasteiger partial charge in [0.1, 0.15) is 11.6 Å². The van der Waals surface area contributed by atoms with Gasteiger partial charge in [-0.3, -0.25) is 0 Å². The van der Waals surface area contributed by atoms with Crippen molar-refractivity contribution >= 4 is 43.2 Å². The second kappa shape index (κ2) is 7.11. The van der Waals surface area contributed by atoms with Crippen LogP contribution in [0.5, 0.6) is 0 Å². The zero-order valence-electron chi connectivity index (χ0n) is 10.7. The first-order chi connectivity index (χ1) is 9.51. The summed E-state index contributed by atoms with van der Waals surface area (Å²) in [5.74, 6) is -1.05. The van der Waals surface area contributed by atoms with Crippen LogP contribution >= 0.6 is 43.2 Å². The molecule has 1 aromatic heterocycles. The Morgan fingerprint density at radius 3 is 2.55 bits per heavy atom. The first-order valence-corrected chi connectivity index (χ1v) is 8.53. The lowest BCUT2D eigenvalue weighted by Crippen LogP contribution is -2.23. The van der Waals surface area contributed by atoms with Gasteiger partial charge in [0, 0.05) is 12.1 Å². The Hall–Kier alpha value is -0.300. The average Bonchev–Trinajstić information content (AvgIpc) is 2.71. The lowest BCUT2D eigenvalue weighted by molar-refractivity contribution is 0.521. The molecule has 2 rings (SSSR count). The molecule has 1 heterocycles. The largest absolute Gasteiger partial charge is 0.310 e. The van der Waals surface area contributed by atoms with E-state index >= 15 is 0 Å². The molecule has 0 aliphatic heterocycles. The normalized spacial score (nSPS) is 12.7. The van der Waals surface area contributed by atoms with Gasteiger partial charge >= 0.3 is 0 Å². The smallest absolute Gasteiger partial charge is 0.129 e. The second-order valence-corrected chi connectivity index (χ2v) is 8.08. The maximum atomic E-state index is 13.8. The molecule has 0 spiro atoms. The highest BCUT2D eigenvalue weighted by Gasteiger charge is 2.18. The Labute approximate surface area is 137 Å². The Kier molecular flexibility index (Phi) is 5.72. The van der Waals surface area contributed by atoms with E-state index in [9.17, 15) is 8.78 Å². The maximum absolute atomic E-state index is 13.8. The third-order valence-corrected chi connectivity index (χ3v) is 5.33. The van der Waals surface area contributed by atoms with E-state index in [1.807, 2.05) is 13.0 Å². The van der Waals surface area contributed by atoms with Crippen molar-refractivity contribution in [3.05, 3.63) is 54.6 Å². The summed E-state index contributed by atoms with van der Waals surface area (Å²) in [7, 11) is 0. The molecule has 0 aliphatic rings. The highest BCUT2D eigenvalue weighted by molar-refractivity contribution is 9.12. The number of hydrogen-bond acceptors (Lipinski definition) is 2. The number of likely N-dealkylation sites (N-methyl/N-ethyl adjacent to an activating group) is 1. The summed E-state index contributed by atoms with van der Waals surface area (Å²) < 4.78 is 28.8. The number of rotatable bonds is 5. The van der Waals surface area contributed by atoms with Gasteiger partial charge < -0.3 is 5.32 Å². The van der Waals surface area contributed by atoms with Gasteiger partial charge in [-0.2, -0.15) is 0 Å². The molecule has 0 radical (unpaired) electrons. The van der Waals surface area contributed by atoms with E-state index in [0.29, 0.717) is 12.0 Å². The predicted octanol–water partition coefficient (Wildman–Crippen LogP) is 5.44. The SMILES string of the molecule is CCNC(Cc1ccc(F)cc1F)c1cc(Br)sc1Br. The van der Waals surface area contributed by atoms with Crippen LogP contribution in [0.1, 0.15) is 24.1 Å². The van der Waals surface area contributed by atoms with Crippen molar-refractivity contribution in [2.75, 3.05) is 6.54 Å². The summed E-state index contributed by atoms with van der Waals surface area (Å²) in [4.78, 5) is 0. The van der Waals surface area contributed by atoms with E-state index < -0.39 is 11.6 Å². The molecule has 0 fully saturated rings. The zero-order valence-corrected chi connectivity index (χ0v) is 14.7. The summed E-state index contributed by atoms with van der Waals surface area (Å²) in [6, 6.07) is 5.72. The molecule has 0 saturated carbocycles. The van der Waals surface area contributed by atoms with Crippen LogP contribution in [0.2, 0.25) is 0 Å². The first-order valence-electron chi connectivity index (χ1n) is 6.13. The van der Waals surface area contributed by atoms with Crippen LogP contribution in [-0.2, 0) is 6.42 Å². The Morgan fingerprint density at radius 2 is 2.00 bits per heavy atom.